The van der Waals surface area contributed by atoms with Crippen LogP contribution in [-0.2, 0) is 13.1 Å². The Kier molecular flexibility index (Phi) is 3.27. The van der Waals surface area contributed by atoms with Crippen LogP contribution in [0, 0.1) is 0 Å². The predicted octanol–water partition coefficient (Wildman–Crippen LogP) is 2.49. The molecule has 0 radical (unpaired) electrons. The van der Waals surface area contributed by atoms with E-state index < -0.39 is 0 Å². The summed E-state index contributed by atoms with van der Waals surface area (Å²) in [6.07, 6.45) is 4.30. The molecule has 0 aliphatic carbocycles. The molecular formula is C12H15NS. The zero-order chi connectivity index (χ0) is 9.80. The fourth-order valence-corrected chi connectivity index (χ4v) is 1.98. The van der Waals surface area contributed by atoms with Crippen molar-refractivity contribution in [1.82, 2.24) is 4.90 Å². The Hall–Kier alpha value is -0.730. The molecule has 1 aromatic rings. The lowest BCUT2D eigenvalue weighted by molar-refractivity contribution is 0.317. The third-order valence-corrected chi connectivity index (χ3v) is 2.75. The van der Waals surface area contributed by atoms with Crippen LogP contribution in [0.1, 0.15) is 11.1 Å². The Morgan fingerprint density at radius 1 is 1.14 bits per heavy atom. The first-order valence-electron chi connectivity index (χ1n) is 4.95. The second kappa shape index (κ2) is 4.67. The molecule has 0 bridgehead atoms. The quantitative estimate of drug-likeness (QED) is 0.586. The Labute approximate surface area is 90.8 Å². The Morgan fingerprint density at radius 3 is 2.36 bits per heavy atom. The van der Waals surface area contributed by atoms with Crippen molar-refractivity contribution in [2.24, 2.45) is 0 Å². The highest BCUT2D eigenvalue weighted by Crippen LogP contribution is 2.21. The van der Waals surface area contributed by atoms with E-state index in [4.69, 9.17) is 0 Å². The number of fused-ring (bicyclic) bond motifs is 1. The van der Waals surface area contributed by atoms with E-state index in [-0.39, 0.29) is 0 Å². The van der Waals surface area contributed by atoms with Gasteiger partial charge in [0.15, 0.2) is 0 Å². The third-order valence-electron chi connectivity index (χ3n) is 2.54. The van der Waals surface area contributed by atoms with Crippen molar-refractivity contribution in [1.29, 1.82) is 0 Å². The van der Waals surface area contributed by atoms with Gasteiger partial charge >= 0.3 is 0 Å². The van der Waals surface area contributed by atoms with Crippen molar-refractivity contribution in [3.63, 3.8) is 0 Å². The maximum atomic E-state index is 4.14. The van der Waals surface area contributed by atoms with Gasteiger partial charge in [0.2, 0.25) is 0 Å². The number of benzene rings is 1. The molecule has 0 unspecified atom stereocenters. The van der Waals surface area contributed by atoms with E-state index in [2.05, 4.69) is 53.9 Å². The molecule has 0 spiro atoms. The minimum absolute atomic E-state index is 0.834. The Morgan fingerprint density at radius 2 is 1.79 bits per heavy atom. The van der Waals surface area contributed by atoms with Crippen LogP contribution in [0.2, 0.25) is 0 Å². The predicted molar refractivity (Wildman–Crippen MR) is 63.5 cm³/mol. The summed E-state index contributed by atoms with van der Waals surface area (Å²) in [6, 6.07) is 8.67. The van der Waals surface area contributed by atoms with E-state index in [0.29, 0.717) is 0 Å². The highest BCUT2D eigenvalue weighted by atomic mass is 32.1. The van der Waals surface area contributed by atoms with E-state index >= 15 is 0 Å². The first-order chi connectivity index (χ1) is 6.90. The Balaban J connectivity index is 1.95. The summed E-state index contributed by atoms with van der Waals surface area (Å²) < 4.78 is 0. The molecule has 0 amide bonds. The van der Waals surface area contributed by atoms with Crippen LogP contribution < -0.4 is 0 Å². The second-order valence-electron chi connectivity index (χ2n) is 3.59. The first kappa shape index (κ1) is 9.81. The van der Waals surface area contributed by atoms with Crippen LogP contribution in [0.3, 0.4) is 0 Å². The molecule has 0 atom stereocenters. The van der Waals surface area contributed by atoms with Crippen molar-refractivity contribution in [3.05, 3.63) is 47.5 Å². The zero-order valence-corrected chi connectivity index (χ0v) is 9.08. The van der Waals surface area contributed by atoms with E-state index in [1.807, 2.05) is 0 Å². The molecule has 0 N–H and O–H groups in total. The zero-order valence-electron chi connectivity index (χ0n) is 8.19. The van der Waals surface area contributed by atoms with Crippen LogP contribution in [0.15, 0.2) is 36.4 Å². The monoisotopic (exact) mass is 205 g/mol. The van der Waals surface area contributed by atoms with Gasteiger partial charge in [-0.05, 0) is 11.1 Å². The summed E-state index contributed by atoms with van der Waals surface area (Å²) in [5.74, 6) is 0.834. The molecule has 2 heteroatoms. The van der Waals surface area contributed by atoms with Crippen molar-refractivity contribution < 1.29 is 0 Å². The first-order valence-corrected chi connectivity index (χ1v) is 5.58. The number of rotatable bonds is 3. The van der Waals surface area contributed by atoms with Crippen LogP contribution in [-0.4, -0.2) is 17.2 Å². The number of nitrogens with zero attached hydrogens (tertiary/aromatic N) is 1. The van der Waals surface area contributed by atoms with Crippen LogP contribution in [0.4, 0.5) is 0 Å². The van der Waals surface area contributed by atoms with Gasteiger partial charge in [0.1, 0.15) is 0 Å². The maximum absolute atomic E-state index is 4.14. The topological polar surface area (TPSA) is 3.24 Å². The van der Waals surface area contributed by atoms with Crippen molar-refractivity contribution in [3.8, 4) is 0 Å². The molecule has 1 aromatic carbocycles. The molecule has 0 saturated heterocycles. The van der Waals surface area contributed by atoms with Crippen LogP contribution >= 0.6 is 12.6 Å². The van der Waals surface area contributed by atoms with Gasteiger partial charge < -0.3 is 0 Å². The summed E-state index contributed by atoms with van der Waals surface area (Å²) in [7, 11) is 0. The van der Waals surface area contributed by atoms with Gasteiger partial charge in [0.25, 0.3) is 0 Å². The molecule has 1 nitrogen and oxygen atoms in total. The molecule has 0 fully saturated rings. The molecule has 1 heterocycles. The van der Waals surface area contributed by atoms with E-state index in [1.54, 1.807) is 0 Å². The fraction of sp³-hybridized carbons (Fsp3) is 0.333. The lowest BCUT2D eigenvalue weighted by Gasteiger charge is -2.10. The molecule has 74 valence electrons. The molecular weight excluding hydrogens is 190 g/mol. The smallest absolute Gasteiger partial charge is 0.0243 e. The van der Waals surface area contributed by atoms with Crippen molar-refractivity contribution >= 4 is 12.6 Å². The highest BCUT2D eigenvalue weighted by Gasteiger charge is 2.16. The van der Waals surface area contributed by atoms with Crippen LogP contribution in [0.5, 0.6) is 0 Å². The van der Waals surface area contributed by atoms with E-state index in [0.717, 1.165) is 25.4 Å². The molecule has 0 saturated carbocycles. The molecule has 14 heavy (non-hydrogen) atoms. The number of hydrogen-bond acceptors (Lipinski definition) is 2. The average Bonchev–Trinajstić information content (AvgIpc) is 2.60. The van der Waals surface area contributed by atoms with Gasteiger partial charge in [-0.15, -0.1) is 0 Å². The van der Waals surface area contributed by atoms with Crippen molar-refractivity contribution in [2.45, 2.75) is 13.1 Å². The largest absolute Gasteiger partial charge is 0.291 e. The SMILES string of the molecule is SC/C=C/CN1Cc2ccccc2C1. The maximum Gasteiger partial charge on any atom is 0.0243 e. The molecule has 0 aromatic heterocycles. The fourth-order valence-electron chi connectivity index (χ4n) is 1.83. The Bertz CT molecular complexity index is 308. The summed E-state index contributed by atoms with van der Waals surface area (Å²) >= 11 is 4.14. The standard InChI is InChI=1S/C12H15NS/c14-8-4-3-7-13-9-11-5-1-2-6-12(11)10-13/h1-6,14H,7-10H2/b4-3+. The molecule has 2 rings (SSSR count). The van der Waals surface area contributed by atoms with Crippen LogP contribution in [0.25, 0.3) is 0 Å². The highest BCUT2D eigenvalue weighted by molar-refractivity contribution is 7.80. The number of thiol groups is 1. The minimum atomic E-state index is 0.834. The third kappa shape index (κ3) is 2.20. The lowest BCUT2D eigenvalue weighted by atomic mass is 10.1. The summed E-state index contributed by atoms with van der Waals surface area (Å²) in [5, 5.41) is 0. The van der Waals surface area contributed by atoms with Crippen molar-refractivity contribution in [2.75, 3.05) is 12.3 Å². The van der Waals surface area contributed by atoms with E-state index in [9.17, 15) is 0 Å². The van der Waals surface area contributed by atoms with Gasteiger partial charge in [0.05, 0.1) is 0 Å². The average molecular weight is 205 g/mol. The minimum Gasteiger partial charge on any atom is -0.291 e. The normalized spacial score (nSPS) is 16.4. The summed E-state index contributed by atoms with van der Waals surface area (Å²) in [4.78, 5) is 2.44. The summed E-state index contributed by atoms with van der Waals surface area (Å²) in [6.45, 7) is 3.22. The molecule has 1 aliphatic heterocycles. The van der Waals surface area contributed by atoms with Gasteiger partial charge in [-0.2, -0.15) is 12.6 Å². The van der Waals surface area contributed by atoms with Gasteiger partial charge in [-0.3, -0.25) is 4.90 Å². The van der Waals surface area contributed by atoms with Gasteiger partial charge in [-0.1, -0.05) is 36.4 Å². The van der Waals surface area contributed by atoms with Gasteiger partial charge in [-0.25, -0.2) is 0 Å². The summed E-state index contributed by atoms with van der Waals surface area (Å²) in [5.41, 5.74) is 2.96. The molecule has 1 aliphatic rings. The number of hydrogen-bond donors (Lipinski definition) is 1. The van der Waals surface area contributed by atoms with E-state index in [1.165, 1.54) is 11.1 Å². The van der Waals surface area contributed by atoms with Gasteiger partial charge in [0, 0.05) is 25.4 Å². The second-order valence-corrected chi connectivity index (χ2v) is 3.96. The lowest BCUT2D eigenvalue weighted by Crippen LogP contribution is -2.15.